The lowest BCUT2D eigenvalue weighted by Gasteiger charge is -2.13. The molecule has 2 aromatic carbocycles. The molecule has 174 valence electrons. The summed E-state index contributed by atoms with van der Waals surface area (Å²) in [6.07, 6.45) is 3.08. The van der Waals surface area contributed by atoms with E-state index in [1.807, 2.05) is 62.4 Å². The topological polar surface area (TPSA) is 74.6 Å². The predicted molar refractivity (Wildman–Crippen MR) is 126 cm³/mol. The Balaban J connectivity index is 1.56. The van der Waals surface area contributed by atoms with Crippen LogP contribution in [0.25, 0.3) is 5.69 Å². The quantitative estimate of drug-likeness (QED) is 0.520. The zero-order valence-electron chi connectivity index (χ0n) is 19.5. The molecular weight excluding hydrogens is 418 g/mol. The van der Waals surface area contributed by atoms with E-state index in [9.17, 15) is 4.79 Å². The highest BCUT2D eigenvalue weighted by Gasteiger charge is 2.21. The van der Waals surface area contributed by atoms with E-state index in [2.05, 4.69) is 5.32 Å². The van der Waals surface area contributed by atoms with Gasteiger partial charge in [0.15, 0.2) is 0 Å². The van der Waals surface area contributed by atoms with E-state index in [1.54, 1.807) is 11.8 Å². The molecule has 0 aliphatic carbocycles. The number of carbonyl (C=O) groups is 1. The number of aromatic nitrogens is 2. The first kappa shape index (κ1) is 22.9. The summed E-state index contributed by atoms with van der Waals surface area (Å²) in [4.78, 5) is 12.5. The van der Waals surface area contributed by atoms with Crippen molar-refractivity contribution < 1.29 is 19.0 Å². The number of ether oxygens (including phenoxy) is 3. The average molecular weight is 450 g/mol. The molecule has 33 heavy (non-hydrogen) atoms. The van der Waals surface area contributed by atoms with Crippen LogP contribution in [0.3, 0.4) is 0 Å². The van der Waals surface area contributed by atoms with Crippen molar-refractivity contribution in [3.8, 4) is 23.1 Å². The molecule has 0 radical (unpaired) electrons. The summed E-state index contributed by atoms with van der Waals surface area (Å²) in [5, 5.41) is 7.74. The molecule has 1 unspecified atom stereocenters. The maximum Gasteiger partial charge on any atom is 0.226 e. The van der Waals surface area contributed by atoms with Gasteiger partial charge in [0, 0.05) is 25.1 Å². The Bertz CT molecular complexity index is 1090. The van der Waals surface area contributed by atoms with Crippen LogP contribution in [0.2, 0.25) is 0 Å². The fraction of sp³-hybridized carbons (Fsp3) is 0.385. The van der Waals surface area contributed by atoms with Crippen LogP contribution in [-0.2, 0) is 16.0 Å². The van der Waals surface area contributed by atoms with Crippen molar-refractivity contribution >= 4 is 5.91 Å². The number of carbonyl (C=O) groups excluding carboxylic acids is 1. The van der Waals surface area contributed by atoms with Crippen molar-refractivity contribution in [3.63, 3.8) is 0 Å². The van der Waals surface area contributed by atoms with E-state index in [-0.39, 0.29) is 12.0 Å². The number of nitrogens with one attached hydrogen (secondary N) is 1. The van der Waals surface area contributed by atoms with E-state index in [1.165, 1.54) is 0 Å². The van der Waals surface area contributed by atoms with Gasteiger partial charge in [-0.15, -0.1) is 0 Å². The van der Waals surface area contributed by atoms with Gasteiger partial charge in [-0.05, 0) is 75.1 Å². The van der Waals surface area contributed by atoms with E-state index in [0.29, 0.717) is 25.3 Å². The van der Waals surface area contributed by atoms with Gasteiger partial charge in [0.25, 0.3) is 0 Å². The number of benzene rings is 2. The Hall–Kier alpha value is -3.32. The highest BCUT2D eigenvalue weighted by Crippen LogP contribution is 2.32. The van der Waals surface area contributed by atoms with Gasteiger partial charge in [0.05, 0.1) is 24.6 Å². The summed E-state index contributed by atoms with van der Waals surface area (Å²) in [6.45, 7) is 5.32. The molecule has 4 rings (SSSR count). The SMILES string of the molecule is COc1ccc(-n2nc(C)c(CCC(=O)NCC3CCCO3)c2Oc2cccc(C)c2)cc1. The summed E-state index contributed by atoms with van der Waals surface area (Å²) < 4.78 is 19.0. The molecular formula is C26H31N3O4. The van der Waals surface area contributed by atoms with Crippen molar-refractivity contribution in [2.45, 2.75) is 45.6 Å². The monoisotopic (exact) mass is 449 g/mol. The lowest BCUT2D eigenvalue weighted by Crippen LogP contribution is -2.31. The Kier molecular flexibility index (Phi) is 7.29. The Morgan fingerprint density at radius 3 is 2.70 bits per heavy atom. The van der Waals surface area contributed by atoms with E-state index in [0.717, 1.165) is 53.5 Å². The molecule has 1 aliphatic rings. The maximum atomic E-state index is 12.5. The molecule has 7 heteroatoms. The van der Waals surface area contributed by atoms with Crippen LogP contribution >= 0.6 is 0 Å². The summed E-state index contributed by atoms with van der Waals surface area (Å²) in [6, 6.07) is 15.5. The molecule has 0 spiro atoms. The van der Waals surface area contributed by atoms with Gasteiger partial charge in [-0.3, -0.25) is 4.79 Å². The molecule has 1 amide bonds. The lowest BCUT2D eigenvalue weighted by atomic mass is 10.1. The van der Waals surface area contributed by atoms with Crippen LogP contribution in [0.5, 0.6) is 17.4 Å². The Morgan fingerprint density at radius 1 is 1.18 bits per heavy atom. The van der Waals surface area contributed by atoms with Gasteiger partial charge in [0.1, 0.15) is 11.5 Å². The van der Waals surface area contributed by atoms with Crippen LogP contribution < -0.4 is 14.8 Å². The largest absolute Gasteiger partial charge is 0.497 e. The fourth-order valence-corrected chi connectivity index (χ4v) is 3.98. The number of aryl methyl sites for hydroxylation is 2. The van der Waals surface area contributed by atoms with Crippen molar-refractivity contribution in [1.82, 2.24) is 15.1 Å². The minimum Gasteiger partial charge on any atom is -0.497 e. The number of nitrogens with zero attached hydrogens (tertiary/aromatic N) is 2. The number of hydrogen-bond acceptors (Lipinski definition) is 5. The van der Waals surface area contributed by atoms with Crippen molar-refractivity contribution in [1.29, 1.82) is 0 Å². The first-order valence-corrected chi connectivity index (χ1v) is 11.4. The van der Waals surface area contributed by atoms with E-state index < -0.39 is 0 Å². The molecule has 1 atom stereocenters. The third kappa shape index (κ3) is 5.73. The van der Waals surface area contributed by atoms with Crippen LogP contribution in [0.4, 0.5) is 0 Å². The summed E-state index contributed by atoms with van der Waals surface area (Å²) in [5.74, 6) is 2.12. The van der Waals surface area contributed by atoms with Crippen molar-refractivity contribution in [2.24, 2.45) is 0 Å². The lowest BCUT2D eigenvalue weighted by molar-refractivity contribution is -0.121. The normalized spacial score (nSPS) is 15.4. The fourth-order valence-electron chi connectivity index (χ4n) is 3.98. The molecule has 1 fully saturated rings. The van der Waals surface area contributed by atoms with Crippen LogP contribution in [-0.4, -0.2) is 42.1 Å². The second-order valence-electron chi connectivity index (χ2n) is 8.34. The number of amides is 1. The second kappa shape index (κ2) is 10.5. The third-order valence-corrected chi connectivity index (χ3v) is 5.81. The van der Waals surface area contributed by atoms with Crippen LogP contribution in [0.15, 0.2) is 48.5 Å². The highest BCUT2D eigenvalue weighted by atomic mass is 16.5. The standard InChI is InChI=1S/C26H31N3O4/c1-18-6-4-7-22(16-18)33-26-24(13-14-25(30)27-17-23-8-5-15-32-23)19(2)28-29(26)20-9-11-21(31-3)12-10-20/h4,6-7,9-12,16,23H,5,8,13-15,17H2,1-3H3,(H,27,30). The molecule has 1 aromatic heterocycles. The average Bonchev–Trinajstić information content (AvgIpc) is 3.44. The molecule has 7 nitrogen and oxygen atoms in total. The highest BCUT2D eigenvalue weighted by molar-refractivity contribution is 5.76. The molecule has 1 aliphatic heterocycles. The molecule has 0 saturated carbocycles. The number of hydrogen-bond donors (Lipinski definition) is 1. The Labute approximate surface area is 194 Å². The predicted octanol–water partition coefficient (Wildman–Crippen LogP) is 4.52. The molecule has 1 N–H and O–H groups in total. The number of methoxy groups -OCH3 is 1. The third-order valence-electron chi connectivity index (χ3n) is 5.81. The van der Waals surface area contributed by atoms with Crippen molar-refractivity contribution in [3.05, 3.63) is 65.4 Å². The van der Waals surface area contributed by atoms with Gasteiger partial charge < -0.3 is 19.5 Å². The van der Waals surface area contributed by atoms with Gasteiger partial charge in [-0.1, -0.05) is 12.1 Å². The zero-order chi connectivity index (χ0) is 23.2. The molecule has 3 aromatic rings. The zero-order valence-corrected chi connectivity index (χ0v) is 19.5. The Morgan fingerprint density at radius 2 is 2.00 bits per heavy atom. The van der Waals surface area contributed by atoms with Gasteiger partial charge in [0.2, 0.25) is 11.8 Å². The minimum atomic E-state index is 0.00334. The summed E-state index contributed by atoms with van der Waals surface area (Å²) in [5.41, 5.74) is 3.71. The van der Waals surface area contributed by atoms with E-state index >= 15 is 0 Å². The first-order valence-electron chi connectivity index (χ1n) is 11.4. The van der Waals surface area contributed by atoms with E-state index in [4.69, 9.17) is 19.3 Å². The first-order chi connectivity index (χ1) is 16.0. The van der Waals surface area contributed by atoms with Gasteiger partial charge in [-0.25, -0.2) is 4.68 Å². The van der Waals surface area contributed by atoms with Crippen molar-refractivity contribution in [2.75, 3.05) is 20.3 Å². The van der Waals surface area contributed by atoms with Gasteiger partial charge in [-0.2, -0.15) is 5.10 Å². The second-order valence-corrected chi connectivity index (χ2v) is 8.34. The molecule has 2 heterocycles. The smallest absolute Gasteiger partial charge is 0.226 e. The van der Waals surface area contributed by atoms with Gasteiger partial charge >= 0.3 is 0 Å². The van der Waals surface area contributed by atoms with Crippen LogP contribution in [0, 0.1) is 13.8 Å². The minimum absolute atomic E-state index is 0.00334. The maximum absolute atomic E-state index is 12.5. The summed E-state index contributed by atoms with van der Waals surface area (Å²) >= 11 is 0. The van der Waals surface area contributed by atoms with Crippen LogP contribution in [0.1, 0.15) is 36.1 Å². The molecule has 0 bridgehead atoms. The number of rotatable bonds is 9. The molecule has 1 saturated heterocycles. The summed E-state index contributed by atoms with van der Waals surface area (Å²) in [7, 11) is 1.64.